The predicted octanol–water partition coefficient (Wildman–Crippen LogP) is 2.43. The van der Waals surface area contributed by atoms with Gasteiger partial charge in [-0.2, -0.15) is 4.31 Å². The van der Waals surface area contributed by atoms with Crippen LogP contribution in [-0.2, 0) is 14.8 Å². The van der Waals surface area contributed by atoms with Crippen LogP contribution >= 0.6 is 27.7 Å². The van der Waals surface area contributed by atoms with E-state index in [-0.39, 0.29) is 16.7 Å². The molecule has 0 aromatic heterocycles. The van der Waals surface area contributed by atoms with Gasteiger partial charge >= 0.3 is 0 Å². The van der Waals surface area contributed by atoms with Crippen LogP contribution < -0.4 is 5.32 Å². The molecular weight excluding hydrogens is 388 g/mol. The monoisotopic (exact) mass is 406 g/mol. The van der Waals surface area contributed by atoms with Crippen molar-refractivity contribution in [1.29, 1.82) is 0 Å². The van der Waals surface area contributed by atoms with Crippen molar-refractivity contribution in [3.63, 3.8) is 0 Å². The Morgan fingerprint density at radius 2 is 2.00 bits per heavy atom. The summed E-state index contributed by atoms with van der Waals surface area (Å²) in [5.41, 5.74) is -0.396. The summed E-state index contributed by atoms with van der Waals surface area (Å²) in [6.45, 7) is 5.62. The van der Waals surface area contributed by atoms with E-state index in [0.29, 0.717) is 10.2 Å². The van der Waals surface area contributed by atoms with Crippen LogP contribution in [0.3, 0.4) is 0 Å². The van der Waals surface area contributed by atoms with E-state index in [1.54, 1.807) is 24.3 Å². The van der Waals surface area contributed by atoms with E-state index in [9.17, 15) is 13.2 Å². The molecule has 0 spiro atoms. The summed E-state index contributed by atoms with van der Waals surface area (Å²) >= 11 is 4.71. The van der Waals surface area contributed by atoms with Gasteiger partial charge in [0.2, 0.25) is 15.9 Å². The van der Waals surface area contributed by atoms with E-state index in [1.165, 1.54) is 16.1 Å². The molecule has 22 heavy (non-hydrogen) atoms. The number of nitrogens with zero attached hydrogens (tertiary/aromatic N) is 1. The van der Waals surface area contributed by atoms with E-state index in [4.69, 9.17) is 0 Å². The van der Waals surface area contributed by atoms with Crippen molar-refractivity contribution in [3.05, 3.63) is 28.7 Å². The Morgan fingerprint density at radius 3 is 2.59 bits per heavy atom. The Hall–Kier alpha value is -0.570. The maximum atomic E-state index is 12.8. The Kier molecular flexibility index (Phi) is 5.26. The highest BCUT2D eigenvalue weighted by atomic mass is 79.9. The largest absolute Gasteiger partial charge is 0.350 e. The predicted molar refractivity (Wildman–Crippen MR) is 92.2 cm³/mol. The zero-order valence-electron chi connectivity index (χ0n) is 12.7. The number of sulfonamides is 1. The molecule has 1 unspecified atom stereocenters. The Morgan fingerprint density at radius 1 is 1.36 bits per heavy atom. The van der Waals surface area contributed by atoms with Crippen molar-refractivity contribution < 1.29 is 13.2 Å². The lowest BCUT2D eigenvalue weighted by Gasteiger charge is -2.27. The third kappa shape index (κ3) is 3.84. The number of hydrogen-bond donors (Lipinski definition) is 1. The number of thioether (sulfide) groups is 1. The van der Waals surface area contributed by atoms with E-state index in [1.807, 2.05) is 20.8 Å². The fraction of sp³-hybridized carbons (Fsp3) is 0.500. The van der Waals surface area contributed by atoms with Gasteiger partial charge in [-0.25, -0.2) is 8.42 Å². The zero-order valence-corrected chi connectivity index (χ0v) is 15.9. The van der Waals surface area contributed by atoms with Crippen molar-refractivity contribution in [2.75, 3.05) is 11.6 Å². The van der Waals surface area contributed by atoms with Crippen LogP contribution in [0.1, 0.15) is 20.8 Å². The Bertz CT molecular complexity index is 671. The molecule has 1 N–H and O–H groups in total. The molecule has 1 heterocycles. The van der Waals surface area contributed by atoms with Gasteiger partial charge in [0.15, 0.2) is 0 Å². The standard InChI is InChI=1S/C14H19BrN2O3S2/c1-14(2,3)16-13(18)11-8-21-9-17(11)22(19,20)12-7-5-4-6-10(12)15/h4-7,11H,8-9H2,1-3H3,(H,16,18). The Balaban J connectivity index is 2.31. The van der Waals surface area contributed by atoms with E-state index in [0.717, 1.165) is 0 Å². The second kappa shape index (κ2) is 6.51. The van der Waals surface area contributed by atoms with Gasteiger partial charge in [0.1, 0.15) is 6.04 Å². The topological polar surface area (TPSA) is 66.5 Å². The molecule has 8 heteroatoms. The lowest BCUT2D eigenvalue weighted by atomic mass is 10.1. The molecular formula is C14H19BrN2O3S2. The summed E-state index contributed by atoms with van der Waals surface area (Å²) in [6, 6.07) is 5.97. The summed E-state index contributed by atoms with van der Waals surface area (Å²) < 4.78 is 27.5. The van der Waals surface area contributed by atoms with Crippen molar-refractivity contribution in [1.82, 2.24) is 9.62 Å². The highest BCUT2D eigenvalue weighted by Gasteiger charge is 2.41. The first-order valence-electron chi connectivity index (χ1n) is 6.79. The second-order valence-electron chi connectivity index (χ2n) is 6.08. The van der Waals surface area contributed by atoms with Gasteiger partial charge in [-0.05, 0) is 48.8 Å². The van der Waals surface area contributed by atoms with Gasteiger partial charge in [0, 0.05) is 15.8 Å². The van der Waals surface area contributed by atoms with Crippen molar-refractivity contribution >= 4 is 43.6 Å². The number of benzene rings is 1. The lowest BCUT2D eigenvalue weighted by molar-refractivity contribution is -0.125. The smallest absolute Gasteiger partial charge is 0.245 e. The van der Waals surface area contributed by atoms with Crippen LogP contribution in [0, 0.1) is 0 Å². The summed E-state index contributed by atoms with van der Waals surface area (Å²) in [4.78, 5) is 12.6. The first-order valence-corrected chi connectivity index (χ1v) is 10.2. The normalized spacial score (nSPS) is 20.1. The minimum absolute atomic E-state index is 0.186. The van der Waals surface area contributed by atoms with Gasteiger partial charge in [0.05, 0.1) is 10.8 Å². The number of carbonyl (C=O) groups is 1. The summed E-state index contributed by atoms with van der Waals surface area (Å²) in [5.74, 6) is 0.491. The van der Waals surface area contributed by atoms with Crippen molar-refractivity contribution in [3.8, 4) is 0 Å². The van der Waals surface area contributed by atoms with E-state index >= 15 is 0 Å². The lowest BCUT2D eigenvalue weighted by Crippen LogP contribution is -2.52. The average Bonchev–Trinajstić information content (AvgIpc) is 2.87. The van der Waals surface area contributed by atoms with E-state index < -0.39 is 21.6 Å². The fourth-order valence-corrected chi connectivity index (χ4v) is 6.22. The highest BCUT2D eigenvalue weighted by Crippen LogP contribution is 2.31. The summed E-state index contributed by atoms with van der Waals surface area (Å²) in [5, 5.41) is 2.86. The number of rotatable bonds is 3. The van der Waals surface area contributed by atoms with Crippen LogP contribution in [0.5, 0.6) is 0 Å². The number of carbonyl (C=O) groups excluding carboxylic acids is 1. The van der Waals surface area contributed by atoms with Crippen molar-refractivity contribution in [2.45, 2.75) is 37.2 Å². The molecule has 0 aliphatic carbocycles. The van der Waals surface area contributed by atoms with Crippen LogP contribution in [0.2, 0.25) is 0 Å². The van der Waals surface area contributed by atoms with Gasteiger partial charge in [-0.15, -0.1) is 11.8 Å². The van der Waals surface area contributed by atoms with Crippen molar-refractivity contribution in [2.24, 2.45) is 0 Å². The minimum atomic E-state index is -3.71. The number of nitrogens with one attached hydrogen (secondary N) is 1. The first kappa shape index (κ1) is 17.8. The first-order chi connectivity index (χ1) is 10.1. The van der Waals surface area contributed by atoms with Gasteiger partial charge in [-0.3, -0.25) is 4.79 Å². The van der Waals surface area contributed by atoms with Gasteiger partial charge in [0.25, 0.3) is 0 Å². The molecule has 1 saturated heterocycles. The molecule has 1 amide bonds. The SMILES string of the molecule is CC(C)(C)NC(=O)C1CSCN1S(=O)(=O)c1ccccc1Br. The minimum Gasteiger partial charge on any atom is -0.350 e. The van der Waals surface area contributed by atoms with Crippen LogP contribution in [0.4, 0.5) is 0 Å². The highest BCUT2D eigenvalue weighted by molar-refractivity contribution is 9.10. The number of hydrogen-bond acceptors (Lipinski definition) is 4. The zero-order chi connectivity index (χ0) is 16.5. The molecule has 1 aliphatic rings. The third-order valence-electron chi connectivity index (χ3n) is 3.07. The van der Waals surface area contributed by atoms with Crippen LogP contribution in [-0.4, -0.2) is 41.8 Å². The average molecular weight is 407 g/mol. The van der Waals surface area contributed by atoms with Crippen LogP contribution in [0.25, 0.3) is 0 Å². The van der Waals surface area contributed by atoms with Crippen LogP contribution in [0.15, 0.2) is 33.6 Å². The molecule has 1 aliphatic heterocycles. The molecule has 1 aromatic carbocycles. The second-order valence-corrected chi connectivity index (χ2v) is 9.79. The fourth-order valence-electron chi connectivity index (χ4n) is 2.10. The molecule has 0 bridgehead atoms. The molecule has 1 aromatic rings. The molecule has 5 nitrogen and oxygen atoms in total. The third-order valence-corrected chi connectivity index (χ3v) is 7.11. The molecule has 1 atom stereocenters. The molecule has 1 fully saturated rings. The quantitative estimate of drug-likeness (QED) is 0.836. The molecule has 2 rings (SSSR count). The molecule has 122 valence electrons. The maximum absolute atomic E-state index is 12.8. The Labute approximate surface area is 144 Å². The van der Waals surface area contributed by atoms with E-state index in [2.05, 4.69) is 21.2 Å². The summed E-state index contributed by atoms with van der Waals surface area (Å²) in [6.07, 6.45) is 0. The molecule has 0 saturated carbocycles. The van der Waals surface area contributed by atoms with Gasteiger partial charge < -0.3 is 5.32 Å². The number of amides is 1. The van der Waals surface area contributed by atoms with Gasteiger partial charge in [-0.1, -0.05) is 12.1 Å². The molecule has 0 radical (unpaired) electrons. The maximum Gasteiger partial charge on any atom is 0.245 e. The summed E-state index contributed by atoms with van der Waals surface area (Å²) in [7, 11) is -3.71. The number of halogens is 1.